The predicted octanol–water partition coefficient (Wildman–Crippen LogP) is 3.48. The van der Waals surface area contributed by atoms with Crippen molar-refractivity contribution in [2.24, 2.45) is 0 Å². The van der Waals surface area contributed by atoms with Crippen molar-refractivity contribution in [3.63, 3.8) is 0 Å². The molecule has 0 unspecified atom stereocenters. The fraction of sp³-hybridized carbons (Fsp3) is 0.208. The monoisotopic (exact) mass is 478 g/mol. The number of para-hydroxylation sites is 1. The summed E-state index contributed by atoms with van der Waals surface area (Å²) in [4.78, 5) is 41.8. The van der Waals surface area contributed by atoms with E-state index in [1.807, 2.05) is 25.1 Å². The molecule has 10 heteroatoms. The Morgan fingerprint density at radius 2 is 1.85 bits per heavy atom. The third-order valence-corrected chi connectivity index (χ3v) is 5.86. The van der Waals surface area contributed by atoms with Gasteiger partial charge in [-0.2, -0.15) is 9.61 Å². The number of carbonyl (C=O) groups excluding carboxylic acids is 2. The van der Waals surface area contributed by atoms with E-state index in [1.54, 1.807) is 43.3 Å². The van der Waals surface area contributed by atoms with Gasteiger partial charge in [-0.25, -0.2) is 9.78 Å². The van der Waals surface area contributed by atoms with Crippen LogP contribution in [0.15, 0.2) is 65.5 Å². The van der Waals surface area contributed by atoms with Gasteiger partial charge in [0, 0.05) is 11.8 Å². The fourth-order valence-electron chi connectivity index (χ4n) is 3.03. The van der Waals surface area contributed by atoms with Crippen molar-refractivity contribution in [1.82, 2.24) is 14.6 Å². The first-order valence-corrected chi connectivity index (χ1v) is 11.4. The van der Waals surface area contributed by atoms with Crippen LogP contribution in [0.1, 0.15) is 34.9 Å². The third kappa shape index (κ3) is 5.46. The van der Waals surface area contributed by atoms with Gasteiger partial charge in [-0.3, -0.25) is 9.59 Å². The van der Waals surface area contributed by atoms with Gasteiger partial charge in [-0.15, -0.1) is 0 Å². The Morgan fingerprint density at radius 3 is 2.56 bits per heavy atom. The van der Waals surface area contributed by atoms with E-state index in [9.17, 15) is 14.4 Å². The summed E-state index contributed by atoms with van der Waals surface area (Å²) in [6.45, 7) is 3.46. The van der Waals surface area contributed by atoms with E-state index >= 15 is 0 Å². The first-order valence-electron chi connectivity index (χ1n) is 10.6. The number of esters is 1. The predicted molar refractivity (Wildman–Crippen MR) is 127 cm³/mol. The molecule has 0 aliphatic rings. The molecule has 174 valence electrons. The molecule has 4 rings (SSSR count). The molecule has 0 aliphatic carbocycles. The summed E-state index contributed by atoms with van der Waals surface area (Å²) < 4.78 is 12.2. The summed E-state index contributed by atoms with van der Waals surface area (Å²) in [6, 6.07) is 16.7. The molecule has 0 aliphatic heterocycles. The van der Waals surface area contributed by atoms with Crippen molar-refractivity contribution < 1.29 is 19.1 Å². The number of nitrogens with one attached hydrogen (secondary N) is 1. The minimum Gasteiger partial charge on any atom is -0.481 e. The molecule has 0 bridgehead atoms. The zero-order valence-corrected chi connectivity index (χ0v) is 19.4. The Morgan fingerprint density at radius 1 is 1.12 bits per heavy atom. The lowest BCUT2D eigenvalue weighted by molar-refractivity contribution is -0.122. The summed E-state index contributed by atoms with van der Waals surface area (Å²) >= 11 is 1.32. The van der Waals surface area contributed by atoms with E-state index in [0.717, 1.165) is 5.01 Å². The number of benzene rings is 2. The van der Waals surface area contributed by atoms with Crippen molar-refractivity contribution in [3.8, 4) is 5.75 Å². The molecule has 9 nitrogen and oxygen atoms in total. The Labute approximate surface area is 199 Å². The van der Waals surface area contributed by atoms with Crippen molar-refractivity contribution in [2.75, 3.05) is 5.32 Å². The van der Waals surface area contributed by atoms with E-state index in [4.69, 9.17) is 9.47 Å². The van der Waals surface area contributed by atoms with Gasteiger partial charge in [-0.1, -0.05) is 36.5 Å². The molecule has 0 spiro atoms. The summed E-state index contributed by atoms with van der Waals surface area (Å²) in [5, 5.41) is 7.74. The van der Waals surface area contributed by atoms with Crippen LogP contribution >= 0.6 is 11.3 Å². The lowest BCUT2D eigenvalue weighted by Gasteiger charge is -2.14. The van der Waals surface area contributed by atoms with Crippen molar-refractivity contribution in [1.29, 1.82) is 0 Å². The smallest absolute Gasteiger partial charge is 0.338 e. The maximum Gasteiger partial charge on any atom is 0.338 e. The molecule has 2 heterocycles. The van der Waals surface area contributed by atoms with Crippen LogP contribution < -0.4 is 15.6 Å². The number of ether oxygens (including phenoxy) is 2. The zero-order chi connectivity index (χ0) is 24.1. The van der Waals surface area contributed by atoms with Crippen LogP contribution in [0.2, 0.25) is 0 Å². The van der Waals surface area contributed by atoms with Gasteiger partial charge in [0.1, 0.15) is 17.4 Å². The highest BCUT2D eigenvalue weighted by molar-refractivity contribution is 7.16. The summed E-state index contributed by atoms with van der Waals surface area (Å²) in [5.74, 6) is -0.291. The van der Waals surface area contributed by atoms with Crippen LogP contribution in [0.3, 0.4) is 0 Å². The van der Waals surface area contributed by atoms with Crippen LogP contribution in [-0.4, -0.2) is 32.6 Å². The fourth-order valence-corrected chi connectivity index (χ4v) is 3.88. The van der Waals surface area contributed by atoms with Crippen LogP contribution in [0.4, 0.5) is 5.69 Å². The van der Waals surface area contributed by atoms with Crippen molar-refractivity contribution in [2.45, 2.75) is 33.0 Å². The van der Waals surface area contributed by atoms with Crippen LogP contribution in [0.25, 0.3) is 4.96 Å². The SMILES string of the molecule is CCc1nn2c(=O)cc(COC(=O)c3ccc(NC(=O)[C@H](C)Oc4ccccc4)cc3)nc2s1. The molecule has 34 heavy (non-hydrogen) atoms. The molecular formula is C24H22N4O5S. The quantitative estimate of drug-likeness (QED) is 0.386. The van der Waals surface area contributed by atoms with Crippen LogP contribution in [0.5, 0.6) is 5.75 Å². The normalized spacial score (nSPS) is 11.7. The van der Waals surface area contributed by atoms with E-state index in [2.05, 4.69) is 15.4 Å². The average Bonchev–Trinajstić information content (AvgIpc) is 3.27. The van der Waals surface area contributed by atoms with Gasteiger partial charge in [0.15, 0.2) is 6.10 Å². The number of aryl methyl sites for hydroxylation is 1. The van der Waals surface area contributed by atoms with Gasteiger partial charge < -0.3 is 14.8 Å². The van der Waals surface area contributed by atoms with E-state index in [1.165, 1.54) is 21.9 Å². The summed E-state index contributed by atoms with van der Waals surface area (Å²) in [6.07, 6.45) is 0.000568. The van der Waals surface area contributed by atoms with Gasteiger partial charge in [0.2, 0.25) is 4.96 Å². The second-order valence-electron chi connectivity index (χ2n) is 7.35. The van der Waals surface area contributed by atoms with Crippen LogP contribution in [-0.2, 0) is 22.6 Å². The molecule has 1 amide bonds. The molecule has 2 aromatic carbocycles. The lowest BCUT2D eigenvalue weighted by Crippen LogP contribution is -2.30. The van der Waals surface area contributed by atoms with Gasteiger partial charge in [0.25, 0.3) is 11.5 Å². The average molecular weight is 479 g/mol. The second kappa shape index (κ2) is 10.3. The van der Waals surface area contributed by atoms with E-state index in [0.29, 0.717) is 34.1 Å². The number of amides is 1. The highest BCUT2D eigenvalue weighted by Crippen LogP contribution is 2.15. The highest BCUT2D eigenvalue weighted by atomic mass is 32.1. The molecule has 0 saturated heterocycles. The van der Waals surface area contributed by atoms with Gasteiger partial charge >= 0.3 is 5.97 Å². The standard InChI is InChI=1S/C24H22N4O5S/c1-3-20-27-28-21(29)13-18(26-24(28)34-20)14-32-23(31)16-9-11-17(12-10-16)25-22(30)15(2)33-19-7-5-4-6-8-19/h4-13,15H,3,14H2,1-2H3,(H,25,30)/t15-/m0/s1. The Hall–Kier alpha value is -4.05. The van der Waals surface area contributed by atoms with E-state index < -0.39 is 12.1 Å². The van der Waals surface area contributed by atoms with Crippen molar-refractivity contribution in [3.05, 3.63) is 87.3 Å². The number of fused-ring (bicyclic) bond motifs is 1. The van der Waals surface area contributed by atoms with Gasteiger partial charge in [-0.05, 0) is 49.7 Å². The lowest BCUT2D eigenvalue weighted by atomic mass is 10.2. The second-order valence-corrected chi connectivity index (χ2v) is 8.39. The Balaban J connectivity index is 1.33. The molecule has 0 saturated carbocycles. The largest absolute Gasteiger partial charge is 0.481 e. The van der Waals surface area contributed by atoms with Crippen molar-refractivity contribution >= 4 is 33.9 Å². The highest BCUT2D eigenvalue weighted by Gasteiger charge is 2.16. The topological polar surface area (TPSA) is 112 Å². The minimum absolute atomic E-state index is 0.142. The first-order chi connectivity index (χ1) is 16.4. The van der Waals surface area contributed by atoms with Gasteiger partial charge in [0.05, 0.1) is 11.3 Å². The molecule has 0 radical (unpaired) electrons. The number of anilines is 1. The number of aromatic nitrogens is 3. The van der Waals surface area contributed by atoms with Crippen LogP contribution in [0, 0.1) is 0 Å². The zero-order valence-electron chi connectivity index (χ0n) is 18.6. The van der Waals surface area contributed by atoms with E-state index in [-0.39, 0.29) is 18.1 Å². The molecule has 2 aromatic heterocycles. The molecule has 1 N–H and O–H groups in total. The number of rotatable bonds is 8. The first kappa shape index (κ1) is 23.1. The molecule has 1 atom stereocenters. The Kier molecular flexibility index (Phi) is 6.98. The third-order valence-electron chi connectivity index (χ3n) is 4.81. The molecular weight excluding hydrogens is 456 g/mol. The summed E-state index contributed by atoms with van der Waals surface area (Å²) in [7, 11) is 0. The minimum atomic E-state index is -0.701. The maximum atomic E-state index is 12.4. The molecule has 4 aromatic rings. The maximum absolute atomic E-state index is 12.4. The number of hydrogen-bond donors (Lipinski definition) is 1. The number of nitrogens with zero attached hydrogens (tertiary/aromatic N) is 3. The molecule has 0 fully saturated rings. The number of carbonyl (C=O) groups is 2. The Bertz CT molecular complexity index is 1370. The number of hydrogen-bond acceptors (Lipinski definition) is 8. The summed E-state index contributed by atoms with van der Waals surface area (Å²) in [5.41, 5.74) is 0.844.